The van der Waals surface area contributed by atoms with Crippen LogP contribution in [0.5, 0.6) is 0 Å². The molecule has 0 N–H and O–H groups in total. The van der Waals surface area contributed by atoms with Gasteiger partial charge in [-0.3, -0.25) is 0 Å². The zero-order valence-corrected chi connectivity index (χ0v) is 18.5. The number of rotatable bonds is 5. The molecule has 27 heavy (non-hydrogen) atoms. The third-order valence-electron chi connectivity index (χ3n) is 4.99. The summed E-state index contributed by atoms with van der Waals surface area (Å²) >= 11 is -0.597. The van der Waals surface area contributed by atoms with Crippen LogP contribution in [0.25, 0.3) is 0 Å². The molecule has 4 aromatic carbocycles. The Balaban J connectivity index is 2.27. The Morgan fingerprint density at radius 3 is 0.815 bits per heavy atom. The standard InChI is InChI=1S/C24H20P.Au.ClH/c1-5-13-21(14-6-1)25(22-15-7-2-8-16-22,23-17-9-3-10-18-23)24-19-11-4-12-20-24;;/h1-20H;;1H/q+1;;/p-1. The first kappa shape index (κ1) is 18.7. The van der Waals surface area contributed by atoms with Gasteiger partial charge in [0, 0.05) is 0 Å². The maximum atomic E-state index is 7.17. The minimum absolute atomic E-state index is 0.597. The normalized spacial score (nSPS) is 13.0. The average Bonchev–Trinajstić information content (AvgIpc) is 2.78. The van der Waals surface area contributed by atoms with Gasteiger partial charge < -0.3 is 0 Å². The van der Waals surface area contributed by atoms with Gasteiger partial charge in [-0.1, -0.05) is 0 Å². The van der Waals surface area contributed by atoms with Gasteiger partial charge in [0.05, 0.1) is 0 Å². The second-order valence-corrected chi connectivity index (χ2v) is 19.8. The van der Waals surface area contributed by atoms with E-state index < -0.39 is 22.6 Å². The Bertz CT molecular complexity index is 836. The van der Waals surface area contributed by atoms with Crippen molar-refractivity contribution in [2.45, 2.75) is 0 Å². The van der Waals surface area contributed by atoms with Gasteiger partial charge in [0.2, 0.25) is 0 Å². The first-order valence-electron chi connectivity index (χ1n) is 8.79. The van der Waals surface area contributed by atoms with E-state index in [4.69, 9.17) is 9.19 Å². The molecule has 4 aromatic rings. The number of halogens is 1. The molecule has 139 valence electrons. The Hall–Kier alpha value is -1.66. The second-order valence-electron chi connectivity index (χ2n) is 6.33. The van der Waals surface area contributed by atoms with Crippen molar-refractivity contribution in [3.63, 3.8) is 0 Å². The SMILES string of the molecule is [Cl][Au][P](c1ccccc1)(c1ccccc1)(c1ccccc1)c1ccccc1. The van der Waals surface area contributed by atoms with Gasteiger partial charge >= 0.3 is 174 Å². The molecule has 0 amide bonds. The Morgan fingerprint density at radius 1 is 0.407 bits per heavy atom. The molecule has 0 atom stereocenters. The van der Waals surface area contributed by atoms with E-state index in [1.807, 2.05) is 0 Å². The zero-order valence-electron chi connectivity index (χ0n) is 14.7. The van der Waals surface area contributed by atoms with Gasteiger partial charge in [-0.2, -0.15) is 0 Å². The Labute approximate surface area is 173 Å². The summed E-state index contributed by atoms with van der Waals surface area (Å²) in [6.45, 7) is 0. The molecule has 4 rings (SSSR count). The van der Waals surface area contributed by atoms with Crippen LogP contribution in [0.4, 0.5) is 0 Å². The van der Waals surface area contributed by atoms with Crippen molar-refractivity contribution in [3.05, 3.63) is 121 Å². The van der Waals surface area contributed by atoms with E-state index in [1.165, 1.54) is 21.2 Å². The average molecular weight is 572 g/mol. The van der Waals surface area contributed by atoms with E-state index in [9.17, 15) is 0 Å². The predicted octanol–water partition coefficient (Wildman–Crippen LogP) is 4.99. The van der Waals surface area contributed by atoms with E-state index in [-0.39, 0.29) is 0 Å². The van der Waals surface area contributed by atoms with E-state index in [0.29, 0.717) is 0 Å². The minimum atomic E-state index is -2.98. The quantitative estimate of drug-likeness (QED) is 0.234. The van der Waals surface area contributed by atoms with Crippen molar-refractivity contribution in [1.82, 2.24) is 0 Å². The summed E-state index contributed by atoms with van der Waals surface area (Å²) in [6.07, 6.45) is 0. The molecule has 0 radical (unpaired) electrons. The van der Waals surface area contributed by atoms with E-state index in [2.05, 4.69) is 121 Å². The summed E-state index contributed by atoms with van der Waals surface area (Å²) < 4.78 is -2.98. The summed E-state index contributed by atoms with van der Waals surface area (Å²) in [5.74, 6) is 0. The molecule has 0 bridgehead atoms. The Morgan fingerprint density at radius 2 is 0.630 bits per heavy atom. The van der Waals surface area contributed by atoms with Gasteiger partial charge in [0.25, 0.3) is 0 Å². The summed E-state index contributed by atoms with van der Waals surface area (Å²) in [5.41, 5.74) is 0. The number of hydrogen-bond acceptors (Lipinski definition) is 0. The molecule has 0 spiro atoms. The Kier molecular flexibility index (Phi) is 5.37. The van der Waals surface area contributed by atoms with Crippen LogP contribution in [0, 0.1) is 0 Å². The fraction of sp³-hybridized carbons (Fsp3) is 0. The molecule has 0 fully saturated rings. The van der Waals surface area contributed by atoms with Crippen LogP contribution >= 0.6 is 13.7 Å². The molecule has 0 nitrogen and oxygen atoms in total. The van der Waals surface area contributed by atoms with Gasteiger partial charge in [-0.05, 0) is 0 Å². The monoisotopic (exact) mass is 571 g/mol. The van der Waals surface area contributed by atoms with Crippen molar-refractivity contribution in [3.8, 4) is 0 Å². The predicted molar refractivity (Wildman–Crippen MR) is 117 cm³/mol. The molecule has 0 aromatic heterocycles. The molecule has 3 heteroatoms. The van der Waals surface area contributed by atoms with Crippen molar-refractivity contribution in [1.29, 1.82) is 0 Å². The number of hydrogen-bond donors (Lipinski definition) is 0. The van der Waals surface area contributed by atoms with Crippen LogP contribution in [0.1, 0.15) is 0 Å². The van der Waals surface area contributed by atoms with E-state index in [0.717, 1.165) is 0 Å². The van der Waals surface area contributed by atoms with Crippen molar-refractivity contribution in [2.75, 3.05) is 0 Å². The molecule has 0 aliphatic rings. The first-order chi connectivity index (χ1) is 13.3. The van der Waals surface area contributed by atoms with Gasteiger partial charge in [-0.25, -0.2) is 0 Å². The fourth-order valence-corrected chi connectivity index (χ4v) is 20.9. The molecule has 0 unspecified atom stereocenters. The first-order valence-corrected chi connectivity index (χ1v) is 16.4. The summed E-state index contributed by atoms with van der Waals surface area (Å²) in [4.78, 5) is 0. The second kappa shape index (κ2) is 7.76. The third-order valence-corrected chi connectivity index (χ3v) is 24.0. The van der Waals surface area contributed by atoms with Gasteiger partial charge in [0.15, 0.2) is 0 Å². The van der Waals surface area contributed by atoms with Crippen LogP contribution < -0.4 is 21.2 Å². The van der Waals surface area contributed by atoms with Gasteiger partial charge in [-0.15, -0.1) is 0 Å². The summed E-state index contributed by atoms with van der Waals surface area (Å²) in [5, 5.41) is 5.35. The van der Waals surface area contributed by atoms with Crippen LogP contribution in [0.2, 0.25) is 0 Å². The van der Waals surface area contributed by atoms with E-state index in [1.54, 1.807) is 0 Å². The van der Waals surface area contributed by atoms with Crippen molar-refractivity contribution >= 4 is 34.9 Å². The van der Waals surface area contributed by atoms with Crippen LogP contribution in [-0.4, -0.2) is 0 Å². The molecule has 0 saturated heterocycles. The topological polar surface area (TPSA) is 0 Å². The molecule has 0 saturated carbocycles. The molecule has 0 aliphatic carbocycles. The summed E-state index contributed by atoms with van der Waals surface area (Å²) in [6, 6.07) is 43.6. The third kappa shape index (κ3) is 2.76. The van der Waals surface area contributed by atoms with E-state index >= 15 is 0 Å². The number of benzene rings is 4. The van der Waals surface area contributed by atoms with Crippen LogP contribution in [-0.2, 0) is 18.1 Å². The van der Waals surface area contributed by atoms with Crippen LogP contribution in [0.15, 0.2) is 121 Å². The zero-order chi connectivity index (χ0) is 18.6. The fourth-order valence-electron chi connectivity index (χ4n) is 3.80. The van der Waals surface area contributed by atoms with Crippen molar-refractivity contribution < 1.29 is 18.1 Å². The summed E-state index contributed by atoms with van der Waals surface area (Å²) in [7, 11) is 7.17. The van der Waals surface area contributed by atoms with Crippen molar-refractivity contribution in [2.24, 2.45) is 0 Å². The van der Waals surface area contributed by atoms with Gasteiger partial charge in [0.1, 0.15) is 0 Å². The molecular formula is C24H20AuClP. The molecule has 0 heterocycles. The maximum absolute atomic E-state index is 7.17. The molecule has 0 aliphatic heterocycles. The molecular weight excluding hydrogens is 552 g/mol. The van der Waals surface area contributed by atoms with Crippen LogP contribution in [0.3, 0.4) is 0 Å².